The second kappa shape index (κ2) is 8.06. The number of hydrogen-bond donors (Lipinski definition) is 1. The molecule has 1 N–H and O–H groups in total. The van der Waals surface area contributed by atoms with E-state index in [9.17, 15) is 18.0 Å². The minimum atomic E-state index is -3.28. The molecule has 0 aromatic heterocycles. The third kappa shape index (κ3) is 4.29. The molecule has 2 heterocycles. The third-order valence-electron chi connectivity index (χ3n) is 4.27. The number of amides is 2. The van der Waals surface area contributed by atoms with Crippen LogP contribution in [-0.2, 0) is 19.4 Å². The fourth-order valence-electron chi connectivity index (χ4n) is 2.83. The molecule has 2 aliphatic rings. The molecule has 1 fully saturated rings. The first kappa shape index (κ1) is 20.6. The highest BCUT2D eigenvalue weighted by Gasteiger charge is 2.39. The highest BCUT2D eigenvalue weighted by atomic mass is 32.2. The Bertz CT molecular complexity index is 1000. The molecule has 1 saturated heterocycles. The van der Waals surface area contributed by atoms with Gasteiger partial charge in [0.25, 0.3) is 5.91 Å². The van der Waals surface area contributed by atoms with Gasteiger partial charge in [-0.2, -0.15) is 0 Å². The van der Waals surface area contributed by atoms with Crippen molar-refractivity contribution >= 4 is 56.0 Å². The van der Waals surface area contributed by atoms with Crippen LogP contribution in [0.5, 0.6) is 5.75 Å². The van der Waals surface area contributed by atoms with Crippen LogP contribution in [0.15, 0.2) is 40.7 Å². The second-order valence-electron chi connectivity index (χ2n) is 6.24. The molecule has 148 valence electrons. The van der Waals surface area contributed by atoms with Gasteiger partial charge in [0.05, 0.1) is 23.8 Å². The fraction of sp³-hybridized carbons (Fsp3) is 0.278. The highest BCUT2D eigenvalue weighted by Crippen LogP contribution is 2.35. The number of thioether (sulfide) groups is 1. The lowest BCUT2D eigenvalue weighted by Crippen LogP contribution is -2.49. The summed E-state index contributed by atoms with van der Waals surface area (Å²) in [5.74, 6) is -0.412. The van der Waals surface area contributed by atoms with Crippen LogP contribution < -0.4 is 10.1 Å². The molecule has 7 nitrogen and oxygen atoms in total. The average molecular weight is 439 g/mol. The lowest BCUT2D eigenvalue weighted by atomic mass is 10.1. The van der Waals surface area contributed by atoms with E-state index in [0.717, 1.165) is 22.7 Å². The van der Waals surface area contributed by atoms with Crippen molar-refractivity contribution in [2.75, 3.05) is 12.9 Å². The van der Waals surface area contributed by atoms with E-state index in [1.807, 2.05) is 18.2 Å². The molecular weight excluding hydrogens is 420 g/mol. The van der Waals surface area contributed by atoms with Gasteiger partial charge in [0.15, 0.2) is 9.84 Å². The van der Waals surface area contributed by atoms with Gasteiger partial charge in [-0.15, -0.1) is 0 Å². The summed E-state index contributed by atoms with van der Waals surface area (Å²) < 4.78 is 28.5. The molecule has 0 aliphatic carbocycles. The van der Waals surface area contributed by atoms with Crippen LogP contribution in [0.3, 0.4) is 0 Å². The van der Waals surface area contributed by atoms with Gasteiger partial charge in [-0.1, -0.05) is 42.2 Å². The van der Waals surface area contributed by atoms with E-state index in [2.05, 4.69) is 5.32 Å². The fourth-order valence-corrected chi connectivity index (χ4v) is 5.47. The van der Waals surface area contributed by atoms with Crippen LogP contribution in [0.4, 0.5) is 0 Å². The smallest absolute Gasteiger partial charge is 0.266 e. The summed E-state index contributed by atoms with van der Waals surface area (Å²) in [5, 5.41) is 3.71. The van der Waals surface area contributed by atoms with E-state index in [1.165, 1.54) is 11.0 Å². The number of hydrogen-bond acceptors (Lipinski definition) is 7. The Hall–Kier alpha value is -2.17. The van der Waals surface area contributed by atoms with Crippen molar-refractivity contribution < 1.29 is 22.7 Å². The van der Waals surface area contributed by atoms with Crippen LogP contribution >= 0.6 is 24.0 Å². The van der Waals surface area contributed by atoms with Gasteiger partial charge in [-0.3, -0.25) is 14.5 Å². The Morgan fingerprint density at radius 2 is 2.14 bits per heavy atom. The standard InChI is InChI=1S/C18H18N2O5S3/c1-11(16(21)19-13-7-8-28(23,24)10-13)20-17(22)15(27-18(20)26)9-12-5-3-4-6-14(12)25-2/h3-9,11,13H,10H2,1-2H3,(H,19,21)/b15-9-/t11-,13-/m1/s1. The van der Waals surface area contributed by atoms with E-state index in [-0.39, 0.29) is 16.0 Å². The number of rotatable bonds is 5. The summed E-state index contributed by atoms with van der Waals surface area (Å²) >= 11 is 6.40. The van der Waals surface area contributed by atoms with Crippen LogP contribution in [0, 0.1) is 0 Å². The largest absolute Gasteiger partial charge is 0.496 e. The third-order valence-corrected chi connectivity index (χ3v) is 7.00. The number of nitrogens with zero attached hydrogens (tertiary/aromatic N) is 1. The van der Waals surface area contributed by atoms with Crippen LogP contribution in [0.1, 0.15) is 12.5 Å². The van der Waals surface area contributed by atoms with E-state index in [0.29, 0.717) is 10.7 Å². The quantitative estimate of drug-likeness (QED) is 0.553. The average Bonchev–Trinajstić information content (AvgIpc) is 3.13. The molecule has 0 spiro atoms. The molecule has 2 atom stereocenters. The Balaban J connectivity index is 1.75. The van der Waals surface area contributed by atoms with Crippen molar-refractivity contribution in [2.24, 2.45) is 0 Å². The highest BCUT2D eigenvalue weighted by molar-refractivity contribution is 8.26. The molecule has 3 rings (SSSR count). The molecule has 0 radical (unpaired) electrons. The van der Waals surface area contributed by atoms with Gasteiger partial charge in [0.2, 0.25) is 5.91 Å². The summed E-state index contributed by atoms with van der Waals surface area (Å²) in [5.41, 5.74) is 0.726. The molecule has 1 aromatic carbocycles. The summed E-state index contributed by atoms with van der Waals surface area (Å²) in [7, 11) is -1.74. The summed E-state index contributed by atoms with van der Waals surface area (Å²) in [6, 6.07) is 5.77. The van der Waals surface area contributed by atoms with Crippen molar-refractivity contribution in [1.82, 2.24) is 10.2 Å². The second-order valence-corrected chi connectivity index (χ2v) is 9.85. The van der Waals surface area contributed by atoms with Gasteiger partial charge in [-0.25, -0.2) is 8.42 Å². The maximum atomic E-state index is 12.8. The van der Waals surface area contributed by atoms with Crippen LogP contribution in [-0.4, -0.2) is 54.4 Å². The van der Waals surface area contributed by atoms with E-state index in [4.69, 9.17) is 17.0 Å². The van der Waals surface area contributed by atoms with E-state index in [1.54, 1.807) is 26.2 Å². The minimum absolute atomic E-state index is 0.183. The number of carbonyl (C=O) groups excluding carboxylic acids is 2. The zero-order valence-electron chi connectivity index (χ0n) is 15.1. The van der Waals surface area contributed by atoms with Crippen molar-refractivity contribution in [3.8, 4) is 5.75 Å². The number of sulfone groups is 1. The molecule has 2 aliphatic heterocycles. The monoisotopic (exact) mass is 438 g/mol. The lowest BCUT2D eigenvalue weighted by Gasteiger charge is -2.23. The van der Waals surface area contributed by atoms with Crippen LogP contribution in [0.2, 0.25) is 0 Å². The van der Waals surface area contributed by atoms with Crippen LogP contribution in [0.25, 0.3) is 6.08 Å². The minimum Gasteiger partial charge on any atom is -0.496 e. The topological polar surface area (TPSA) is 92.8 Å². The number of carbonyl (C=O) groups is 2. The zero-order chi connectivity index (χ0) is 20.5. The molecule has 1 aromatic rings. The van der Waals surface area contributed by atoms with E-state index >= 15 is 0 Å². The van der Waals surface area contributed by atoms with Crippen molar-refractivity contribution in [1.29, 1.82) is 0 Å². The Kier molecular flexibility index (Phi) is 5.92. The predicted octanol–water partition coefficient (Wildman–Crippen LogP) is 1.71. The van der Waals surface area contributed by atoms with Gasteiger partial charge in [0.1, 0.15) is 16.1 Å². The van der Waals surface area contributed by atoms with Crippen molar-refractivity contribution in [2.45, 2.75) is 19.0 Å². The maximum Gasteiger partial charge on any atom is 0.266 e. The molecule has 0 saturated carbocycles. The SMILES string of the molecule is COc1ccccc1/C=C1\SC(=S)N([C@H](C)C(=O)N[C@@H]2C=CS(=O)(=O)C2)C1=O. The zero-order valence-corrected chi connectivity index (χ0v) is 17.6. The maximum absolute atomic E-state index is 12.8. The summed E-state index contributed by atoms with van der Waals surface area (Å²) in [4.78, 5) is 27.0. The first-order chi connectivity index (χ1) is 13.2. The first-order valence-corrected chi connectivity index (χ1v) is 11.3. The number of nitrogens with one attached hydrogen (secondary N) is 1. The number of thiocarbonyl (C=S) groups is 1. The first-order valence-electron chi connectivity index (χ1n) is 8.33. The molecular formula is C18H18N2O5S3. The van der Waals surface area contributed by atoms with Crippen molar-refractivity contribution in [3.63, 3.8) is 0 Å². The number of para-hydroxylation sites is 1. The normalized spacial score (nSPS) is 23.3. The van der Waals surface area contributed by atoms with Gasteiger partial charge in [0, 0.05) is 11.0 Å². The molecule has 2 amide bonds. The Labute approximate surface area is 172 Å². The number of ether oxygens (including phenoxy) is 1. The Morgan fingerprint density at radius 3 is 2.79 bits per heavy atom. The summed E-state index contributed by atoms with van der Waals surface area (Å²) in [6.07, 6.45) is 3.10. The molecule has 28 heavy (non-hydrogen) atoms. The van der Waals surface area contributed by atoms with Crippen molar-refractivity contribution in [3.05, 3.63) is 46.2 Å². The predicted molar refractivity (Wildman–Crippen MR) is 112 cm³/mol. The van der Waals surface area contributed by atoms with Gasteiger partial charge in [-0.05, 0) is 25.1 Å². The lowest BCUT2D eigenvalue weighted by molar-refractivity contribution is -0.132. The number of benzene rings is 1. The Morgan fingerprint density at radius 1 is 1.43 bits per heavy atom. The van der Waals surface area contributed by atoms with Gasteiger partial charge >= 0.3 is 0 Å². The van der Waals surface area contributed by atoms with E-state index < -0.39 is 27.8 Å². The molecule has 0 bridgehead atoms. The van der Waals surface area contributed by atoms with Gasteiger partial charge < -0.3 is 10.1 Å². The number of methoxy groups -OCH3 is 1. The summed E-state index contributed by atoms with van der Waals surface area (Å²) in [6.45, 7) is 1.55. The molecule has 0 unspecified atom stereocenters. The molecule has 10 heteroatoms.